The molecule has 1 aromatic heterocycles. The Morgan fingerprint density at radius 3 is 2.62 bits per heavy atom. The standard InChI is InChI=1S/C16H15BrN4/c17-15-11-13(7-8-16(15)21-10-4-9-19-21)12-18-20-14-5-2-1-3-6-14/h1-11,18,20H,12H2. The van der Waals surface area contributed by atoms with Crippen LogP contribution in [0.3, 0.4) is 0 Å². The molecular weight excluding hydrogens is 328 g/mol. The molecule has 0 unspecified atom stereocenters. The summed E-state index contributed by atoms with van der Waals surface area (Å²) < 4.78 is 2.86. The van der Waals surface area contributed by atoms with E-state index in [9.17, 15) is 0 Å². The maximum atomic E-state index is 4.24. The number of hydrazine groups is 1. The first-order valence-corrected chi connectivity index (χ1v) is 7.44. The van der Waals surface area contributed by atoms with Crippen LogP contribution in [0.4, 0.5) is 5.69 Å². The molecule has 0 spiro atoms. The molecule has 0 aliphatic rings. The average molecular weight is 343 g/mol. The number of benzene rings is 2. The number of nitrogens with zero attached hydrogens (tertiary/aromatic N) is 2. The van der Waals surface area contributed by atoms with Gasteiger partial charge in [-0.1, -0.05) is 24.3 Å². The number of rotatable bonds is 5. The molecule has 0 bridgehead atoms. The predicted molar refractivity (Wildman–Crippen MR) is 88.2 cm³/mol. The van der Waals surface area contributed by atoms with Crippen LogP contribution >= 0.6 is 15.9 Å². The van der Waals surface area contributed by atoms with Crippen molar-refractivity contribution in [3.8, 4) is 5.69 Å². The van der Waals surface area contributed by atoms with E-state index in [1.165, 1.54) is 5.56 Å². The smallest absolute Gasteiger partial charge is 0.0787 e. The van der Waals surface area contributed by atoms with Gasteiger partial charge in [0.05, 0.1) is 5.69 Å². The van der Waals surface area contributed by atoms with Crippen LogP contribution in [0.5, 0.6) is 0 Å². The van der Waals surface area contributed by atoms with Gasteiger partial charge in [-0.25, -0.2) is 10.1 Å². The fourth-order valence-corrected chi connectivity index (χ4v) is 2.64. The highest BCUT2D eigenvalue weighted by molar-refractivity contribution is 9.10. The second-order valence-electron chi connectivity index (χ2n) is 4.58. The van der Waals surface area contributed by atoms with E-state index < -0.39 is 0 Å². The van der Waals surface area contributed by atoms with Crippen LogP contribution in [-0.4, -0.2) is 9.78 Å². The lowest BCUT2D eigenvalue weighted by Gasteiger charge is -2.10. The summed E-state index contributed by atoms with van der Waals surface area (Å²) in [5.41, 5.74) is 9.63. The van der Waals surface area contributed by atoms with E-state index in [0.717, 1.165) is 22.4 Å². The van der Waals surface area contributed by atoms with Gasteiger partial charge in [0.15, 0.2) is 0 Å². The van der Waals surface area contributed by atoms with Crippen LogP contribution in [0, 0.1) is 0 Å². The maximum absolute atomic E-state index is 4.24. The minimum Gasteiger partial charge on any atom is -0.321 e. The second kappa shape index (κ2) is 6.56. The van der Waals surface area contributed by atoms with Gasteiger partial charge < -0.3 is 5.43 Å². The van der Waals surface area contributed by atoms with Crippen LogP contribution < -0.4 is 10.9 Å². The van der Waals surface area contributed by atoms with Gasteiger partial charge in [-0.05, 0) is 51.8 Å². The minimum atomic E-state index is 0.729. The molecule has 2 N–H and O–H groups in total. The summed E-state index contributed by atoms with van der Waals surface area (Å²) in [6, 6.07) is 18.2. The first-order valence-electron chi connectivity index (χ1n) is 6.65. The molecule has 106 valence electrons. The quantitative estimate of drug-likeness (QED) is 0.694. The first-order chi connectivity index (χ1) is 10.3. The molecule has 2 aromatic carbocycles. The summed E-state index contributed by atoms with van der Waals surface area (Å²) >= 11 is 3.60. The fraction of sp³-hybridized carbons (Fsp3) is 0.0625. The third-order valence-electron chi connectivity index (χ3n) is 3.06. The number of halogens is 1. The zero-order valence-corrected chi connectivity index (χ0v) is 12.9. The van der Waals surface area contributed by atoms with E-state index in [1.54, 1.807) is 6.20 Å². The van der Waals surface area contributed by atoms with Crippen LogP contribution in [0.2, 0.25) is 0 Å². The minimum absolute atomic E-state index is 0.729. The molecule has 1 heterocycles. The fourth-order valence-electron chi connectivity index (χ4n) is 2.03. The number of hydrogen-bond acceptors (Lipinski definition) is 3. The number of hydrogen-bond donors (Lipinski definition) is 2. The summed E-state index contributed by atoms with van der Waals surface area (Å²) in [5.74, 6) is 0. The summed E-state index contributed by atoms with van der Waals surface area (Å²) in [6.45, 7) is 0.729. The molecule has 3 rings (SSSR count). The van der Waals surface area contributed by atoms with Crippen molar-refractivity contribution in [2.45, 2.75) is 6.54 Å². The molecule has 5 heteroatoms. The number of para-hydroxylation sites is 1. The Morgan fingerprint density at radius 1 is 1.05 bits per heavy atom. The molecule has 0 radical (unpaired) electrons. The Bertz CT molecular complexity index is 696. The molecule has 3 aromatic rings. The Balaban J connectivity index is 1.63. The Morgan fingerprint density at radius 2 is 1.90 bits per heavy atom. The van der Waals surface area contributed by atoms with Gasteiger partial charge in [0, 0.05) is 29.1 Å². The molecule has 0 amide bonds. The van der Waals surface area contributed by atoms with Gasteiger partial charge in [-0.3, -0.25) is 0 Å². The lowest BCUT2D eigenvalue weighted by Crippen LogP contribution is -2.20. The van der Waals surface area contributed by atoms with Gasteiger partial charge in [0.1, 0.15) is 0 Å². The number of aromatic nitrogens is 2. The lowest BCUT2D eigenvalue weighted by atomic mass is 10.2. The van der Waals surface area contributed by atoms with Crippen LogP contribution in [0.15, 0.2) is 71.5 Å². The topological polar surface area (TPSA) is 41.9 Å². The van der Waals surface area contributed by atoms with Crippen LogP contribution in [0.1, 0.15) is 5.56 Å². The van der Waals surface area contributed by atoms with Gasteiger partial charge in [0.2, 0.25) is 0 Å². The van der Waals surface area contributed by atoms with Crippen molar-refractivity contribution in [2.75, 3.05) is 5.43 Å². The molecule has 0 aliphatic heterocycles. The van der Waals surface area contributed by atoms with E-state index >= 15 is 0 Å². The van der Waals surface area contributed by atoms with Crippen molar-refractivity contribution in [1.29, 1.82) is 0 Å². The van der Waals surface area contributed by atoms with Crippen LogP contribution in [-0.2, 0) is 6.54 Å². The predicted octanol–water partition coefficient (Wildman–Crippen LogP) is 3.75. The SMILES string of the molecule is Brc1cc(CNNc2ccccc2)ccc1-n1cccn1. The van der Waals surface area contributed by atoms with Crippen molar-refractivity contribution in [3.63, 3.8) is 0 Å². The summed E-state index contributed by atoms with van der Waals surface area (Å²) in [4.78, 5) is 0. The lowest BCUT2D eigenvalue weighted by molar-refractivity contribution is 0.798. The van der Waals surface area contributed by atoms with Gasteiger partial charge in [-0.15, -0.1) is 0 Å². The van der Waals surface area contributed by atoms with Gasteiger partial charge >= 0.3 is 0 Å². The summed E-state index contributed by atoms with van der Waals surface area (Å²) in [6.07, 6.45) is 3.70. The third-order valence-corrected chi connectivity index (χ3v) is 3.70. The maximum Gasteiger partial charge on any atom is 0.0787 e. The monoisotopic (exact) mass is 342 g/mol. The normalized spacial score (nSPS) is 10.5. The zero-order valence-electron chi connectivity index (χ0n) is 11.3. The van der Waals surface area contributed by atoms with E-state index in [0.29, 0.717) is 0 Å². The molecule has 0 aliphatic carbocycles. The zero-order chi connectivity index (χ0) is 14.5. The Labute approximate surface area is 131 Å². The molecule has 0 saturated carbocycles. The summed E-state index contributed by atoms with van der Waals surface area (Å²) in [7, 11) is 0. The van der Waals surface area contributed by atoms with Crippen molar-refractivity contribution in [1.82, 2.24) is 15.2 Å². The largest absolute Gasteiger partial charge is 0.321 e. The Kier molecular flexibility index (Phi) is 4.33. The second-order valence-corrected chi connectivity index (χ2v) is 5.44. The molecule has 0 saturated heterocycles. The van der Waals surface area contributed by atoms with Gasteiger partial charge in [0.25, 0.3) is 0 Å². The van der Waals surface area contributed by atoms with Crippen LogP contribution in [0.25, 0.3) is 5.69 Å². The van der Waals surface area contributed by atoms with Crippen molar-refractivity contribution in [3.05, 3.63) is 77.0 Å². The molecule has 0 atom stereocenters. The van der Waals surface area contributed by atoms with E-state index in [-0.39, 0.29) is 0 Å². The van der Waals surface area contributed by atoms with E-state index in [4.69, 9.17) is 0 Å². The first kappa shape index (κ1) is 13.9. The van der Waals surface area contributed by atoms with Gasteiger partial charge in [-0.2, -0.15) is 5.10 Å². The van der Waals surface area contributed by atoms with Crippen molar-refractivity contribution in [2.24, 2.45) is 0 Å². The molecule has 4 nitrogen and oxygen atoms in total. The number of nitrogens with one attached hydrogen (secondary N) is 2. The molecular formula is C16H15BrN4. The van der Waals surface area contributed by atoms with E-state index in [2.05, 4.69) is 50.1 Å². The molecule has 21 heavy (non-hydrogen) atoms. The average Bonchev–Trinajstić information content (AvgIpc) is 3.02. The third kappa shape index (κ3) is 3.51. The van der Waals surface area contributed by atoms with E-state index in [1.807, 2.05) is 47.3 Å². The molecule has 0 fully saturated rings. The Hall–Kier alpha value is -2.11. The van der Waals surface area contributed by atoms with Crippen molar-refractivity contribution < 1.29 is 0 Å². The highest BCUT2D eigenvalue weighted by Crippen LogP contribution is 2.21. The number of anilines is 1. The highest BCUT2D eigenvalue weighted by Gasteiger charge is 2.03. The van der Waals surface area contributed by atoms with Crippen molar-refractivity contribution >= 4 is 21.6 Å². The highest BCUT2D eigenvalue weighted by atomic mass is 79.9. The summed E-state index contributed by atoms with van der Waals surface area (Å²) in [5, 5.41) is 4.24.